The summed E-state index contributed by atoms with van der Waals surface area (Å²) in [4.78, 5) is 10.4. The van der Waals surface area contributed by atoms with Gasteiger partial charge in [-0.15, -0.1) is 0 Å². The molecule has 0 spiro atoms. The van der Waals surface area contributed by atoms with Gasteiger partial charge in [0.1, 0.15) is 0 Å². The lowest BCUT2D eigenvalue weighted by molar-refractivity contribution is -0.387. The van der Waals surface area contributed by atoms with Crippen LogP contribution in [0.2, 0.25) is 0 Å². The highest BCUT2D eigenvalue weighted by molar-refractivity contribution is 5.34. The number of hydrogen-bond donors (Lipinski definition) is 0. The molecule has 4 nitrogen and oxygen atoms in total. The van der Waals surface area contributed by atoms with Crippen molar-refractivity contribution in [1.29, 1.82) is 0 Å². The molecular weight excluding hydrogens is 256 g/mol. The van der Waals surface area contributed by atoms with Gasteiger partial charge < -0.3 is 0 Å². The zero-order valence-corrected chi connectivity index (χ0v) is 9.37. The molecule has 0 radical (unpaired) electrons. The topological polar surface area (TPSA) is 46.4 Å². The van der Waals surface area contributed by atoms with E-state index in [1.54, 1.807) is 0 Å². The van der Waals surface area contributed by atoms with E-state index >= 15 is 0 Å². The summed E-state index contributed by atoms with van der Waals surface area (Å²) < 4.78 is 49.4. The smallest absolute Gasteiger partial charge is 0.294 e. The van der Waals surface area contributed by atoms with Crippen LogP contribution in [0.5, 0.6) is 0 Å². The number of nitro benzene ring substituents is 1. The van der Waals surface area contributed by atoms with E-state index < -0.39 is 29.1 Å². The Morgan fingerprint density at radius 1 is 1.39 bits per heavy atom. The van der Waals surface area contributed by atoms with Gasteiger partial charge in [0.05, 0.1) is 11.5 Å². The van der Waals surface area contributed by atoms with Gasteiger partial charge in [0, 0.05) is 12.6 Å². The van der Waals surface area contributed by atoms with E-state index in [9.17, 15) is 27.7 Å². The minimum Gasteiger partial charge on any atom is -0.294 e. The Labute approximate surface area is 100.0 Å². The van der Waals surface area contributed by atoms with E-state index in [4.69, 9.17) is 0 Å². The van der Waals surface area contributed by atoms with Crippen molar-refractivity contribution in [2.24, 2.45) is 0 Å². The summed E-state index contributed by atoms with van der Waals surface area (Å²) in [7, 11) is 1.23. The molecule has 0 aliphatic carbocycles. The molecule has 0 fully saturated rings. The molecule has 0 atom stereocenters. The van der Waals surface area contributed by atoms with E-state index in [1.165, 1.54) is 13.1 Å². The Hall–Kier alpha value is -1.70. The van der Waals surface area contributed by atoms with E-state index in [2.05, 4.69) is 0 Å². The van der Waals surface area contributed by atoms with Crippen LogP contribution < -0.4 is 0 Å². The fourth-order valence-electron chi connectivity index (χ4n) is 1.47. The van der Waals surface area contributed by atoms with Crippen LogP contribution >= 0.6 is 0 Å². The highest BCUT2D eigenvalue weighted by Crippen LogP contribution is 2.20. The van der Waals surface area contributed by atoms with Crippen LogP contribution in [0, 0.1) is 15.9 Å². The third kappa shape index (κ3) is 4.28. The average Bonchev–Trinajstić information content (AvgIpc) is 2.13. The van der Waals surface area contributed by atoms with Crippen molar-refractivity contribution in [2.45, 2.75) is 12.7 Å². The van der Waals surface area contributed by atoms with Crippen LogP contribution in [-0.4, -0.2) is 29.6 Å². The average molecular weight is 266 g/mol. The van der Waals surface area contributed by atoms with Crippen LogP contribution in [0.25, 0.3) is 0 Å². The molecule has 0 aliphatic rings. The lowest BCUT2D eigenvalue weighted by Gasteiger charge is -2.18. The zero-order chi connectivity index (χ0) is 13.9. The lowest BCUT2D eigenvalue weighted by atomic mass is 10.2. The van der Waals surface area contributed by atoms with Gasteiger partial charge in [-0.2, -0.15) is 17.6 Å². The van der Waals surface area contributed by atoms with Gasteiger partial charge in [0.25, 0.3) is 0 Å². The van der Waals surface area contributed by atoms with Gasteiger partial charge in [0.15, 0.2) is 0 Å². The van der Waals surface area contributed by atoms with Crippen molar-refractivity contribution >= 4 is 5.69 Å². The van der Waals surface area contributed by atoms with Crippen molar-refractivity contribution in [1.82, 2.24) is 4.90 Å². The van der Waals surface area contributed by atoms with Crippen LogP contribution in [0.1, 0.15) is 5.56 Å². The van der Waals surface area contributed by atoms with Gasteiger partial charge in [-0.05, 0) is 18.7 Å². The summed E-state index contributed by atoms with van der Waals surface area (Å²) in [5.41, 5.74) is -0.456. The Bertz CT molecular complexity index is 448. The molecule has 1 rings (SSSR count). The number of nitrogens with zero attached hydrogens (tertiary/aromatic N) is 2. The molecule has 0 saturated carbocycles. The molecule has 0 aliphatic heterocycles. The number of rotatable bonds is 4. The third-order valence-electron chi connectivity index (χ3n) is 2.11. The fourth-order valence-corrected chi connectivity index (χ4v) is 1.47. The van der Waals surface area contributed by atoms with Gasteiger partial charge in [-0.1, -0.05) is 6.07 Å². The first-order chi connectivity index (χ1) is 8.19. The van der Waals surface area contributed by atoms with Crippen molar-refractivity contribution in [3.63, 3.8) is 0 Å². The Kier molecular flexibility index (Phi) is 4.23. The fraction of sp³-hybridized carbons (Fsp3) is 0.400. The number of nitro groups is 1. The molecule has 18 heavy (non-hydrogen) atoms. The first kappa shape index (κ1) is 14.4. The second-order valence-corrected chi connectivity index (χ2v) is 3.83. The highest BCUT2D eigenvalue weighted by Gasteiger charge is 2.29. The van der Waals surface area contributed by atoms with E-state index in [0.717, 1.165) is 17.0 Å². The molecule has 1 aromatic rings. The maximum absolute atomic E-state index is 13.2. The molecule has 100 valence electrons. The monoisotopic (exact) mass is 266 g/mol. The predicted molar refractivity (Wildman–Crippen MR) is 55.4 cm³/mol. The number of alkyl halides is 3. The van der Waals surface area contributed by atoms with Gasteiger partial charge >= 0.3 is 11.9 Å². The zero-order valence-electron chi connectivity index (χ0n) is 9.37. The largest absolute Gasteiger partial charge is 0.401 e. The second-order valence-electron chi connectivity index (χ2n) is 3.83. The maximum atomic E-state index is 13.2. The molecule has 0 N–H and O–H groups in total. The highest BCUT2D eigenvalue weighted by atomic mass is 19.4. The Morgan fingerprint density at radius 2 is 2.00 bits per heavy atom. The summed E-state index contributed by atoms with van der Waals surface area (Å²) in [6.07, 6.45) is -4.34. The molecule has 1 aromatic carbocycles. The molecule has 0 heterocycles. The lowest BCUT2D eigenvalue weighted by Crippen LogP contribution is -2.30. The minimum absolute atomic E-state index is 0.144. The number of halogens is 4. The van der Waals surface area contributed by atoms with Crippen LogP contribution in [0.15, 0.2) is 18.2 Å². The quantitative estimate of drug-likeness (QED) is 0.478. The Morgan fingerprint density at radius 3 is 2.44 bits per heavy atom. The number of hydrogen-bond acceptors (Lipinski definition) is 3. The molecule has 0 aromatic heterocycles. The summed E-state index contributed by atoms with van der Waals surface area (Å²) in [6, 6.07) is 3.03. The number of benzene rings is 1. The van der Waals surface area contributed by atoms with Gasteiger partial charge in [-0.3, -0.25) is 15.0 Å². The summed E-state index contributed by atoms with van der Waals surface area (Å²) in [5.74, 6) is -1.06. The van der Waals surface area contributed by atoms with Crippen LogP contribution in [0.4, 0.5) is 23.2 Å². The maximum Gasteiger partial charge on any atom is 0.401 e. The summed E-state index contributed by atoms with van der Waals surface area (Å²) in [6.45, 7) is -1.28. The van der Waals surface area contributed by atoms with Crippen molar-refractivity contribution in [3.8, 4) is 0 Å². The standard InChI is InChI=1S/C10H10F4N2O2/c1-15(6-10(12,13)14)5-7-2-3-9(16(17)18)8(11)4-7/h2-4H,5-6H2,1H3. The molecular formula is C10H10F4N2O2. The first-order valence-electron chi connectivity index (χ1n) is 4.87. The first-order valence-corrected chi connectivity index (χ1v) is 4.87. The van der Waals surface area contributed by atoms with Gasteiger partial charge in [0.2, 0.25) is 5.82 Å². The summed E-state index contributed by atoms with van der Waals surface area (Å²) in [5, 5.41) is 10.3. The third-order valence-corrected chi connectivity index (χ3v) is 2.11. The molecule has 0 bridgehead atoms. The summed E-state index contributed by atoms with van der Waals surface area (Å²) >= 11 is 0. The van der Waals surface area contributed by atoms with Crippen molar-refractivity contribution in [3.05, 3.63) is 39.7 Å². The predicted octanol–water partition coefficient (Wildman–Crippen LogP) is 2.73. The Balaban J connectivity index is 2.75. The second kappa shape index (κ2) is 5.30. The molecule has 8 heteroatoms. The van der Waals surface area contributed by atoms with E-state index in [0.29, 0.717) is 0 Å². The van der Waals surface area contributed by atoms with E-state index in [1.807, 2.05) is 0 Å². The van der Waals surface area contributed by atoms with Crippen LogP contribution in [-0.2, 0) is 6.54 Å². The molecule has 0 amide bonds. The van der Waals surface area contributed by atoms with Crippen molar-refractivity contribution in [2.75, 3.05) is 13.6 Å². The molecule has 0 saturated heterocycles. The van der Waals surface area contributed by atoms with E-state index in [-0.39, 0.29) is 12.1 Å². The normalized spacial score (nSPS) is 11.9. The van der Waals surface area contributed by atoms with Gasteiger partial charge in [-0.25, -0.2) is 0 Å². The van der Waals surface area contributed by atoms with Crippen LogP contribution in [0.3, 0.4) is 0 Å². The minimum atomic E-state index is -4.34. The SMILES string of the molecule is CN(Cc1ccc([N+](=O)[O-])c(F)c1)CC(F)(F)F. The molecule has 0 unspecified atom stereocenters. The van der Waals surface area contributed by atoms with Crippen molar-refractivity contribution < 1.29 is 22.5 Å².